The molecule has 0 aliphatic rings. The first-order valence-electron chi connectivity index (χ1n) is 5.06. The number of amides is 1. The zero-order valence-electron chi connectivity index (χ0n) is 9.22. The lowest BCUT2D eigenvalue weighted by molar-refractivity contribution is -0.109. The average molecular weight is 308 g/mol. The first-order valence-corrected chi connectivity index (χ1v) is 5.85. The van der Waals surface area contributed by atoms with Crippen LogP contribution in [0.3, 0.4) is 0 Å². The van der Waals surface area contributed by atoms with E-state index in [2.05, 4.69) is 36.7 Å². The minimum atomic E-state index is 0.118. The highest BCUT2D eigenvalue weighted by atomic mass is 79.9. The van der Waals surface area contributed by atoms with E-state index in [9.17, 15) is 4.79 Å². The largest absolute Gasteiger partial charge is 0.368 e. The summed E-state index contributed by atoms with van der Waals surface area (Å²) in [6.07, 6.45) is 0.507. The number of rotatable bonds is 4. The fraction of sp³-hybridized carbons (Fsp3) is 0. The lowest BCUT2D eigenvalue weighted by Crippen LogP contribution is -2.21. The number of nitrogen functional groups attached to an aromatic ring is 1. The molecule has 0 unspecified atom stereocenters. The number of hydrogen-bond acceptors (Lipinski definition) is 5. The summed E-state index contributed by atoms with van der Waals surface area (Å²) < 4.78 is 0.622. The summed E-state index contributed by atoms with van der Waals surface area (Å²) in [5, 5.41) is 0. The van der Waals surface area contributed by atoms with E-state index in [0.717, 1.165) is 5.56 Å². The number of nitrogens with one attached hydrogen (secondary N) is 2. The Morgan fingerprint density at radius 3 is 2.61 bits per heavy atom. The van der Waals surface area contributed by atoms with Crippen molar-refractivity contribution in [3.63, 3.8) is 0 Å². The number of carbonyl (C=O) groups excluding carboxylic acids is 1. The second kappa shape index (κ2) is 5.46. The highest BCUT2D eigenvalue weighted by Gasteiger charge is 2.12. The molecular weight excluding hydrogens is 298 g/mol. The molecule has 0 aliphatic carbocycles. The minimum Gasteiger partial charge on any atom is -0.368 e. The van der Waals surface area contributed by atoms with Crippen LogP contribution in [-0.2, 0) is 4.79 Å². The zero-order valence-corrected chi connectivity index (χ0v) is 10.8. The van der Waals surface area contributed by atoms with Gasteiger partial charge in [0.15, 0.2) is 5.82 Å². The molecule has 1 heterocycles. The quantitative estimate of drug-likeness (QED) is 0.589. The van der Waals surface area contributed by atoms with Crippen LogP contribution in [0.5, 0.6) is 0 Å². The van der Waals surface area contributed by atoms with Gasteiger partial charge in [0.05, 0.1) is 10.2 Å². The molecule has 0 atom stereocenters. The predicted molar refractivity (Wildman–Crippen MR) is 72.4 cm³/mol. The van der Waals surface area contributed by atoms with Crippen molar-refractivity contribution in [2.24, 2.45) is 0 Å². The molecule has 0 saturated carbocycles. The van der Waals surface area contributed by atoms with Gasteiger partial charge in [0, 0.05) is 5.56 Å². The Bertz CT molecular complexity index is 561. The third-order valence-corrected chi connectivity index (χ3v) is 2.92. The van der Waals surface area contributed by atoms with E-state index in [-0.39, 0.29) is 5.95 Å². The van der Waals surface area contributed by atoms with Gasteiger partial charge in [-0.05, 0) is 15.9 Å². The van der Waals surface area contributed by atoms with Gasteiger partial charge in [0.1, 0.15) is 0 Å². The van der Waals surface area contributed by atoms with E-state index in [1.807, 2.05) is 30.3 Å². The SMILES string of the molecule is Nc1nc(NNC=O)c(Br)c(-c2ccccc2)n1. The predicted octanol–water partition coefficient (Wildman–Crippen LogP) is 1.56. The molecule has 6 nitrogen and oxygen atoms in total. The molecule has 2 rings (SSSR count). The Kier molecular flexibility index (Phi) is 3.73. The van der Waals surface area contributed by atoms with E-state index in [1.54, 1.807) is 0 Å². The molecule has 0 radical (unpaired) electrons. The molecule has 0 fully saturated rings. The second-order valence-corrected chi connectivity index (χ2v) is 4.14. The first kappa shape index (κ1) is 12.3. The summed E-state index contributed by atoms with van der Waals surface area (Å²) in [5.74, 6) is 0.515. The summed E-state index contributed by atoms with van der Waals surface area (Å²) in [7, 11) is 0. The second-order valence-electron chi connectivity index (χ2n) is 3.35. The van der Waals surface area contributed by atoms with E-state index in [0.29, 0.717) is 22.4 Å². The molecule has 0 saturated heterocycles. The van der Waals surface area contributed by atoms with Crippen molar-refractivity contribution in [2.75, 3.05) is 11.2 Å². The molecule has 1 aromatic heterocycles. The number of hydrogen-bond donors (Lipinski definition) is 3. The van der Waals surface area contributed by atoms with E-state index in [4.69, 9.17) is 5.73 Å². The lowest BCUT2D eigenvalue weighted by Gasteiger charge is -2.10. The number of halogens is 1. The van der Waals surface area contributed by atoms with Gasteiger partial charge in [-0.1, -0.05) is 30.3 Å². The Morgan fingerprint density at radius 1 is 1.22 bits per heavy atom. The van der Waals surface area contributed by atoms with E-state index in [1.165, 1.54) is 0 Å². The van der Waals surface area contributed by atoms with Crippen LogP contribution in [0, 0.1) is 0 Å². The maximum absolute atomic E-state index is 10.3. The van der Waals surface area contributed by atoms with Gasteiger partial charge in [-0.15, -0.1) is 0 Å². The molecule has 4 N–H and O–H groups in total. The number of anilines is 2. The Labute approximate surface area is 112 Å². The smallest absolute Gasteiger partial charge is 0.225 e. The van der Waals surface area contributed by atoms with Crippen LogP contribution in [0.15, 0.2) is 34.8 Å². The van der Waals surface area contributed by atoms with Crippen molar-refractivity contribution >= 4 is 34.1 Å². The molecular formula is C11H10BrN5O. The fourth-order valence-electron chi connectivity index (χ4n) is 1.43. The summed E-state index contributed by atoms with van der Waals surface area (Å²) in [5.41, 5.74) is 12.1. The molecule has 0 aliphatic heterocycles. The summed E-state index contributed by atoms with van der Waals surface area (Å²) in [6, 6.07) is 9.52. The molecule has 7 heteroatoms. The number of nitrogens with zero attached hydrogens (tertiary/aromatic N) is 2. The maximum atomic E-state index is 10.3. The number of benzene rings is 1. The Hall–Kier alpha value is -2.15. The fourth-order valence-corrected chi connectivity index (χ4v) is 1.94. The number of aromatic nitrogens is 2. The van der Waals surface area contributed by atoms with Crippen molar-refractivity contribution in [3.8, 4) is 11.3 Å². The zero-order chi connectivity index (χ0) is 13.0. The van der Waals surface area contributed by atoms with Gasteiger partial charge < -0.3 is 5.73 Å². The molecule has 0 spiro atoms. The molecule has 18 heavy (non-hydrogen) atoms. The van der Waals surface area contributed by atoms with Crippen LogP contribution < -0.4 is 16.6 Å². The van der Waals surface area contributed by atoms with Crippen LogP contribution in [0.1, 0.15) is 0 Å². The van der Waals surface area contributed by atoms with Crippen molar-refractivity contribution in [3.05, 3.63) is 34.8 Å². The summed E-state index contributed by atoms with van der Waals surface area (Å²) in [4.78, 5) is 18.4. The van der Waals surface area contributed by atoms with Gasteiger partial charge in [0.2, 0.25) is 12.4 Å². The topological polar surface area (TPSA) is 92.9 Å². The van der Waals surface area contributed by atoms with Crippen LogP contribution in [0.4, 0.5) is 11.8 Å². The number of carbonyl (C=O) groups is 1. The third-order valence-electron chi connectivity index (χ3n) is 2.17. The van der Waals surface area contributed by atoms with Crippen LogP contribution in [-0.4, -0.2) is 16.4 Å². The first-order chi connectivity index (χ1) is 8.72. The summed E-state index contributed by atoms with van der Waals surface area (Å²) >= 11 is 3.38. The van der Waals surface area contributed by atoms with Crippen LogP contribution in [0.25, 0.3) is 11.3 Å². The van der Waals surface area contributed by atoms with Gasteiger partial charge >= 0.3 is 0 Å². The molecule has 92 valence electrons. The van der Waals surface area contributed by atoms with Gasteiger partial charge in [-0.25, -0.2) is 4.98 Å². The highest BCUT2D eigenvalue weighted by Crippen LogP contribution is 2.31. The molecule has 1 aromatic carbocycles. The van der Waals surface area contributed by atoms with Crippen LogP contribution >= 0.6 is 15.9 Å². The van der Waals surface area contributed by atoms with Gasteiger partial charge in [0.25, 0.3) is 0 Å². The molecule has 1 amide bonds. The standard InChI is InChI=1S/C11H10BrN5O/c12-8-9(7-4-2-1-3-5-7)15-11(13)16-10(8)17-14-6-18/h1-6H,(H,14,18)(H3,13,15,16,17). The van der Waals surface area contributed by atoms with Gasteiger partial charge in [-0.2, -0.15) is 4.98 Å². The summed E-state index contributed by atoms with van der Waals surface area (Å²) in [6.45, 7) is 0. The number of hydrazine groups is 1. The molecule has 2 aromatic rings. The Morgan fingerprint density at radius 2 is 1.94 bits per heavy atom. The van der Waals surface area contributed by atoms with Crippen molar-refractivity contribution in [1.29, 1.82) is 0 Å². The third kappa shape index (κ3) is 2.57. The highest BCUT2D eigenvalue weighted by molar-refractivity contribution is 9.10. The molecule has 0 bridgehead atoms. The van der Waals surface area contributed by atoms with Crippen molar-refractivity contribution in [2.45, 2.75) is 0 Å². The normalized spacial score (nSPS) is 9.83. The van der Waals surface area contributed by atoms with Crippen LogP contribution in [0.2, 0.25) is 0 Å². The Balaban J connectivity index is 2.48. The van der Waals surface area contributed by atoms with Crippen molar-refractivity contribution in [1.82, 2.24) is 15.4 Å². The lowest BCUT2D eigenvalue weighted by atomic mass is 10.1. The van der Waals surface area contributed by atoms with E-state index >= 15 is 0 Å². The maximum Gasteiger partial charge on any atom is 0.225 e. The monoisotopic (exact) mass is 307 g/mol. The average Bonchev–Trinajstić information content (AvgIpc) is 2.40. The van der Waals surface area contributed by atoms with Crippen molar-refractivity contribution < 1.29 is 4.79 Å². The number of nitrogens with two attached hydrogens (primary N) is 1. The van der Waals surface area contributed by atoms with Gasteiger partial charge in [-0.3, -0.25) is 15.6 Å². The minimum absolute atomic E-state index is 0.118. The van der Waals surface area contributed by atoms with E-state index < -0.39 is 0 Å².